The van der Waals surface area contributed by atoms with Crippen LogP contribution in [0.25, 0.3) is 0 Å². The van der Waals surface area contributed by atoms with Crippen molar-refractivity contribution >= 4 is 6.21 Å². The number of aliphatic imine (C=N–C) groups is 1. The van der Waals surface area contributed by atoms with Crippen LogP contribution in [-0.2, 0) is 6.42 Å². The topological polar surface area (TPSA) is 60.3 Å². The number of hydrogen-bond acceptors (Lipinski definition) is 5. The molecule has 0 fully saturated rings. The second-order valence-electron chi connectivity index (χ2n) is 4.87. The Morgan fingerprint density at radius 1 is 1.00 bits per heavy atom. The predicted octanol–water partition coefficient (Wildman–Crippen LogP) is 3.08. The van der Waals surface area contributed by atoms with Crippen LogP contribution in [0.3, 0.4) is 0 Å². The third kappa shape index (κ3) is 4.16. The van der Waals surface area contributed by atoms with Gasteiger partial charge in [-0.3, -0.25) is 4.99 Å². The van der Waals surface area contributed by atoms with Crippen LogP contribution in [0.2, 0.25) is 0 Å². The van der Waals surface area contributed by atoms with Gasteiger partial charge < -0.3 is 19.3 Å². The summed E-state index contributed by atoms with van der Waals surface area (Å²) in [5.74, 6) is 1.96. The first-order chi connectivity index (χ1) is 11.2. The highest BCUT2D eigenvalue weighted by Gasteiger charge is 2.07. The molecule has 0 spiro atoms. The monoisotopic (exact) mass is 315 g/mol. The molecule has 0 saturated heterocycles. The van der Waals surface area contributed by atoms with Gasteiger partial charge in [0.1, 0.15) is 0 Å². The highest BCUT2D eigenvalue weighted by Crippen LogP contribution is 2.29. The molecule has 122 valence electrons. The molecule has 0 aliphatic heterocycles. The van der Waals surface area contributed by atoms with E-state index in [0.29, 0.717) is 23.8 Å². The maximum Gasteiger partial charge on any atom is 0.169 e. The summed E-state index contributed by atoms with van der Waals surface area (Å²) in [7, 11) is 4.75. The van der Waals surface area contributed by atoms with Gasteiger partial charge in [0, 0.05) is 18.3 Å². The van der Waals surface area contributed by atoms with Crippen molar-refractivity contribution in [2.45, 2.75) is 6.42 Å². The first-order valence-electron chi connectivity index (χ1n) is 7.26. The minimum absolute atomic E-state index is 0.140. The standard InChI is InChI=1S/C18H21NO4/c1-21-16-6-4-5-14(18(16)23-3)12-19-10-9-13-7-8-15(20)17(11-13)22-2/h4-8,11-12,20H,9-10H2,1-3H3. The van der Waals surface area contributed by atoms with Crippen LogP contribution >= 0.6 is 0 Å². The molecule has 0 unspecified atom stereocenters. The average molecular weight is 315 g/mol. The minimum Gasteiger partial charge on any atom is -0.504 e. The lowest BCUT2D eigenvalue weighted by Gasteiger charge is -2.09. The molecule has 0 aliphatic carbocycles. The van der Waals surface area contributed by atoms with E-state index in [0.717, 1.165) is 17.5 Å². The van der Waals surface area contributed by atoms with E-state index in [1.54, 1.807) is 26.5 Å². The lowest BCUT2D eigenvalue weighted by molar-refractivity contribution is 0.354. The van der Waals surface area contributed by atoms with Gasteiger partial charge >= 0.3 is 0 Å². The van der Waals surface area contributed by atoms with Gasteiger partial charge in [0.25, 0.3) is 0 Å². The minimum atomic E-state index is 0.140. The summed E-state index contributed by atoms with van der Waals surface area (Å²) in [6.45, 7) is 0.619. The van der Waals surface area contributed by atoms with Crippen molar-refractivity contribution < 1.29 is 19.3 Å². The number of aromatic hydroxyl groups is 1. The summed E-state index contributed by atoms with van der Waals surface area (Å²) in [4.78, 5) is 4.43. The Morgan fingerprint density at radius 3 is 2.48 bits per heavy atom. The Balaban J connectivity index is 2.03. The Bertz CT molecular complexity index is 683. The molecule has 0 aromatic heterocycles. The molecule has 5 heteroatoms. The van der Waals surface area contributed by atoms with Crippen molar-refractivity contribution in [1.82, 2.24) is 0 Å². The normalized spacial score (nSPS) is 10.7. The average Bonchev–Trinajstić information content (AvgIpc) is 2.59. The summed E-state index contributed by atoms with van der Waals surface area (Å²) in [6.07, 6.45) is 2.53. The quantitative estimate of drug-likeness (QED) is 0.798. The molecule has 0 aliphatic rings. The van der Waals surface area contributed by atoms with E-state index in [9.17, 15) is 5.11 Å². The van der Waals surface area contributed by atoms with Crippen LogP contribution in [0.1, 0.15) is 11.1 Å². The number of hydrogen-bond donors (Lipinski definition) is 1. The molecule has 0 radical (unpaired) electrons. The molecule has 0 saturated carbocycles. The first kappa shape index (κ1) is 16.7. The Labute approximate surface area is 136 Å². The van der Waals surface area contributed by atoms with E-state index in [4.69, 9.17) is 14.2 Å². The number of nitrogens with zero attached hydrogens (tertiary/aromatic N) is 1. The van der Waals surface area contributed by atoms with Gasteiger partial charge in [-0.2, -0.15) is 0 Å². The lowest BCUT2D eigenvalue weighted by Crippen LogP contribution is -1.96. The molecule has 0 heterocycles. The first-order valence-corrected chi connectivity index (χ1v) is 7.26. The van der Waals surface area contributed by atoms with Crippen LogP contribution in [0.5, 0.6) is 23.0 Å². The van der Waals surface area contributed by atoms with E-state index in [2.05, 4.69) is 4.99 Å². The Morgan fingerprint density at radius 2 is 1.78 bits per heavy atom. The van der Waals surface area contributed by atoms with Crippen LogP contribution in [0, 0.1) is 0 Å². The number of rotatable bonds is 7. The number of para-hydroxylation sites is 1. The second-order valence-corrected chi connectivity index (χ2v) is 4.87. The summed E-state index contributed by atoms with van der Waals surface area (Å²) in [5.41, 5.74) is 1.92. The number of phenolic OH excluding ortho intramolecular Hbond substituents is 1. The van der Waals surface area contributed by atoms with E-state index in [-0.39, 0.29) is 5.75 Å². The summed E-state index contributed by atoms with van der Waals surface area (Å²) >= 11 is 0. The van der Waals surface area contributed by atoms with Crippen molar-refractivity contribution in [3.8, 4) is 23.0 Å². The number of benzene rings is 2. The van der Waals surface area contributed by atoms with E-state index >= 15 is 0 Å². The molecule has 2 aromatic rings. The molecule has 0 amide bonds. The summed E-state index contributed by atoms with van der Waals surface area (Å²) < 4.78 is 15.7. The number of methoxy groups -OCH3 is 3. The maximum atomic E-state index is 9.58. The van der Waals surface area contributed by atoms with Crippen LogP contribution < -0.4 is 14.2 Å². The van der Waals surface area contributed by atoms with E-state index in [1.165, 1.54) is 7.11 Å². The van der Waals surface area contributed by atoms with Crippen molar-refractivity contribution in [3.05, 3.63) is 47.5 Å². The zero-order valence-electron chi connectivity index (χ0n) is 13.6. The Kier molecular flexibility index (Phi) is 5.86. The van der Waals surface area contributed by atoms with Gasteiger partial charge in [0.05, 0.1) is 21.3 Å². The summed E-state index contributed by atoms with van der Waals surface area (Å²) in [5, 5.41) is 9.58. The molecule has 2 aromatic carbocycles. The molecule has 1 N–H and O–H groups in total. The Hall–Kier alpha value is -2.69. The zero-order chi connectivity index (χ0) is 16.7. The van der Waals surface area contributed by atoms with Crippen molar-refractivity contribution in [1.29, 1.82) is 0 Å². The third-order valence-corrected chi connectivity index (χ3v) is 3.44. The van der Waals surface area contributed by atoms with Gasteiger partial charge in [0.15, 0.2) is 23.0 Å². The molecule has 0 bridgehead atoms. The fourth-order valence-corrected chi connectivity index (χ4v) is 2.25. The molecule has 5 nitrogen and oxygen atoms in total. The largest absolute Gasteiger partial charge is 0.504 e. The van der Waals surface area contributed by atoms with Crippen LogP contribution in [0.15, 0.2) is 41.4 Å². The fourth-order valence-electron chi connectivity index (χ4n) is 2.25. The van der Waals surface area contributed by atoms with Crippen molar-refractivity contribution in [3.63, 3.8) is 0 Å². The summed E-state index contributed by atoms with van der Waals surface area (Å²) in [6, 6.07) is 11.0. The molecule has 23 heavy (non-hydrogen) atoms. The third-order valence-electron chi connectivity index (χ3n) is 3.44. The number of ether oxygens (including phenoxy) is 3. The predicted molar refractivity (Wildman–Crippen MR) is 90.4 cm³/mol. The highest BCUT2D eigenvalue weighted by atomic mass is 16.5. The van der Waals surface area contributed by atoms with Crippen molar-refractivity contribution in [2.24, 2.45) is 4.99 Å². The molecule has 2 rings (SSSR count). The van der Waals surface area contributed by atoms with Crippen molar-refractivity contribution in [2.75, 3.05) is 27.9 Å². The molecule has 0 atom stereocenters. The maximum absolute atomic E-state index is 9.58. The second kappa shape index (κ2) is 8.08. The van der Waals surface area contributed by atoms with Gasteiger partial charge in [-0.15, -0.1) is 0 Å². The van der Waals surface area contributed by atoms with E-state index < -0.39 is 0 Å². The van der Waals surface area contributed by atoms with Gasteiger partial charge in [-0.05, 0) is 36.2 Å². The lowest BCUT2D eigenvalue weighted by atomic mass is 10.1. The van der Waals surface area contributed by atoms with Crippen LogP contribution in [-0.4, -0.2) is 39.2 Å². The van der Waals surface area contributed by atoms with Crippen LogP contribution in [0.4, 0.5) is 0 Å². The number of phenols is 1. The molecular formula is C18H21NO4. The SMILES string of the molecule is COc1cc(CCN=Cc2cccc(OC)c2OC)ccc1O. The van der Waals surface area contributed by atoms with E-state index in [1.807, 2.05) is 30.3 Å². The van der Waals surface area contributed by atoms with Gasteiger partial charge in [0.2, 0.25) is 0 Å². The van der Waals surface area contributed by atoms with Gasteiger partial charge in [-0.25, -0.2) is 0 Å². The molecular weight excluding hydrogens is 294 g/mol. The fraction of sp³-hybridized carbons (Fsp3) is 0.278. The highest BCUT2D eigenvalue weighted by molar-refractivity contribution is 5.85. The van der Waals surface area contributed by atoms with Gasteiger partial charge in [-0.1, -0.05) is 12.1 Å². The smallest absolute Gasteiger partial charge is 0.169 e. The zero-order valence-corrected chi connectivity index (χ0v) is 13.6.